The molecule has 15 heteroatoms. The first-order valence-corrected chi connectivity index (χ1v) is 17.8. The molecule has 1 saturated heterocycles. The van der Waals surface area contributed by atoms with Crippen LogP contribution in [0.2, 0.25) is 0 Å². The number of aryl methyl sites for hydroxylation is 1. The SMILES string of the molecule is CNc1cc(C(=O)NCC2=CCC(Cl)C(Nc3nc4cc(C(=O)NC5CCC(C(F)(F)F)CC5)c(N5CC6CC6C5)cc4n3C)=C2Cl)ccn1. The van der Waals surface area contributed by atoms with Crippen LogP contribution in [-0.4, -0.2) is 70.6 Å². The van der Waals surface area contributed by atoms with Gasteiger partial charge in [-0.25, -0.2) is 9.97 Å². The van der Waals surface area contributed by atoms with E-state index >= 15 is 0 Å². The number of aromatic nitrogens is 3. The summed E-state index contributed by atoms with van der Waals surface area (Å²) in [6.07, 6.45) is 1.52. The number of hydrogen-bond donors (Lipinski definition) is 4. The Morgan fingerprint density at radius 3 is 2.50 bits per heavy atom. The minimum atomic E-state index is -4.21. The summed E-state index contributed by atoms with van der Waals surface area (Å²) in [6.45, 7) is 1.90. The molecular weight excluding hydrogens is 692 g/mol. The Bertz CT molecular complexity index is 1870. The number of amides is 2. The van der Waals surface area contributed by atoms with Gasteiger partial charge in [-0.3, -0.25) is 9.59 Å². The van der Waals surface area contributed by atoms with Crippen molar-refractivity contribution in [3.8, 4) is 0 Å². The number of piperidine rings is 1. The van der Waals surface area contributed by atoms with Crippen molar-refractivity contribution >= 4 is 63.5 Å². The summed E-state index contributed by atoms with van der Waals surface area (Å²) in [5.41, 5.74) is 4.35. The lowest BCUT2D eigenvalue weighted by Crippen LogP contribution is -2.40. The van der Waals surface area contributed by atoms with Crippen LogP contribution in [0.25, 0.3) is 11.0 Å². The summed E-state index contributed by atoms with van der Waals surface area (Å²) in [7, 11) is 3.60. The Kier molecular flexibility index (Phi) is 9.40. The number of carbonyl (C=O) groups excluding carboxylic acids is 2. The molecule has 1 aromatic carbocycles. The number of carbonyl (C=O) groups is 2. The molecule has 0 radical (unpaired) electrons. The summed E-state index contributed by atoms with van der Waals surface area (Å²) >= 11 is 13.6. The lowest BCUT2D eigenvalue weighted by molar-refractivity contribution is -0.182. The van der Waals surface area contributed by atoms with Gasteiger partial charge in [0, 0.05) is 51.5 Å². The minimum Gasteiger partial charge on any atom is -0.373 e. The normalized spacial score (nSPS) is 24.9. The maximum absolute atomic E-state index is 13.8. The van der Waals surface area contributed by atoms with Gasteiger partial charge in [-0.15, -0.1) is 11.6 Å². The van der Waals surface area contributed by atoms with Gasteiger partial charge in [0.25, 0.3) is 11.8 Å². The zero-order valence-corrected chi connectivity index (χ0v) is 29.2. The number of imidazole rings is 1. The number of rotatable bonds is 9. The van der Waals surface area contributed by atoms with Crippen molar-refractivity contribution in [2.45, 2.75) is 56.1 Å². The number of allylic oxidation sites excluding steroid dienone is 2. The van der Waals surface area contributed by atoms with Crippen molar-refractivity contribution in [3.05, 3.63) is 64.0 Å². The van der Waals surface area contributed by atoms with Gasteiger partial charge in [0.05, 0.1) is 44.3 Å². The van der Waals surface area contributed by atoms with E-state index in [2.05, 4.69) is 31.2 Å². The quantitative estimate of drug-likeness (QED) is 0.185. The number of halogens is 5. The Labute approximate surface area is 297 Å². The molecule has 3 aliphatic carbocycles. The molecule has 266 valence electrons. The number of nitrogens with one attached hydrogen (secondary N) is 4. The third kappa shape index (κ3) is 6.99. The van der Waals surface area contributed by atoms with E-state index in [0.29, 0.717) is 63.0 Å². The predicted molar refractivity (Wildman–Crippen MR) is 189 cm³/mol. The Balaban J connectivity index is 1.11. The number of anilines is 3. The highest BCUT2D eigenvalue weighted by Gasteiger charge is 2.46. The molecule has 3 heterocycles. The molecule has 4 aliphatic rings. The molecule has 0 spiro atoms. The van der Waals surface area contributed by atoms with Gasteiger partial charge < -0.3 is 30.7 Å². The second kappa shape index (κ2) is 13.6. The van der Waals surface area contributed by atoms with Crippen molar-refractivity contribution in [2.75, 3.05) is 42.2 Å². The maximum atomic E-state index is 13.8. The maximum Gasteiger partial charge on any atom is 0.391 e. The van der Waals surface area contributed by atoms with Crippen molar-refractivity contribution < 1.29 is 22.8 Å². The molecule has 2 saturated carbocycles. The second-order valence-corrected chi connectivity index (χ2v) is 14.6. The smallest absolute Gasteiger partial charge is 0.373 e. The van der Waals surface area contributed by atoms with Crippen molar-refractivity contribution in [1.29, 1.82) is 0 Å². The molecule has 50 heavy (non-hydrogen) atoms. The van der Waals surface area contributed by atoms with Crippen LogP contribution in [0.5, 0.6) is 0 Å². The zero-order valence-electron chi connectivity index (χ0n) is 27.7. The first-order valence-electron chi connectivity index (χ1n) is 16.9. The van der Waals surface area contributed by atoms with Gasteiger partial charge in [0.1, 0.15) is 5.82 Å². The first-order chi connectivity index (χ1) is 23.9. The summed E-state index contributed by atoms with van der Waals surface area (Å²) in [4.78, 5) is 37.8. The fourth-order valence-corrected chi connectivity index (χ4v) is 7.99. The average Bonchev–Trinajstić information content (AvgIpc) is 3.59. The van der Waals surface area contributed by atoms with Crippen LogP contribution in [0.4, 0.5) is 30.6 Å². The van der Waals surface area contributed by atoms with Crippen LogP contribution in [0.1, 0.15) is 59.2 Å². The van der Waals surface area contributed by atoms with Gasteiger partial charge in [-0.05, 0) is 80.2 Å². The predicted octanol–water partition coefficient (Wildman–Crippen LogP) is 6.55. The zero-order chi connectivity index (χ0) is 35.3. The molecule has 3 unspecified atom stereocenters. The van der Waals surface area contributed by atoms with E-state index in [9.17, 15) is 22.8 Å². The highest BCUT2D eigenvalue weighted by molar-refractivity contribution is 6.34. The van der Waals surface area contributed by atoms with Crippen LogP contribution in [0.15, 0.2) is 52.8 Å². The van der Waals surface area contributed by atoms with Crippen LogP contribution in [0.3, 0.4) is 0 Å². The highest BCUT2D eigenvalue weighted by Crippen LogP contribution is 2.47. The van der Waals surface area contributed by atoms with Gasteiger partial charge in [0.2, 0.25) is 5.95 Å². The average molecular weight is 732 g/mol. The number of alkyl halides is 4. The molecule has 10 nitrogen and oxygen atoms in total. The van der Waals surface area contributed by atoms with E-state index in [1.807, 2.05) is 23.8 Å². The van der Waals surface area contributed by atoms with Gasteiger partial charge in [-0.1, -0.05) is 17.7 Å². The van der Waals surface area contributed by atoms with E-state index < -0.39 is 17.5 Å². The third-order valence-corrected chi connectivity index (χ3v) is 11.3. The number of benzene rings is 1. The lowest BCUT2D eigenvalue weighted by atomic mass is 9.85. The molecular formula is C35H39Cl2F3N8O2. The number of nitrogens with zero attached hydrogens (tertiary/aromatic N) is 4. The summed E-state index contributed by atoms with van der Waals surface area (Å²) in [5.74, 6) is 0.393. The van der Waals surface area contributed by atoms with Crippen molar-refractivity contribution in [2.24, 2.45) is 24.8 Å². The molecule has 3 aromatic rings. The van der Waals surface area contributed by atoms with Gasteiger partial charge in [-0.2, -0.15) is 13.2 Å². The highest BCUT2D eigenvalue weighted by atomic mass is 35.5. The van der Waals surface area contributed by atoms with E-state index in [0.717, 1.165) is 24.3 Å². The topological polar surface area (TPSA) is 116 Å². The summed E-state index contributed by atoms with van der Waals surface area (Å²) in [6, 6.07) is 6.71. The van der Waals surface area contributed by atoms with Crippen LogP contribution >= 0.6 is 23.2 Å². The van der Waals surface area contributed by atoms with Crippen molar-refractivity contribution in [3.63, 3.8) is 0 Å². The molecule has 2 aromatic heterocycles. The first kappa shape index (κ1) is 34.5. The molecule has 3 fully saturated rings. The standard InChI is InChI=1S/C35H39Cl2F3N8O2/c1-41-29-12-18(9-10-42-29)32(49)43-15-19-3-8-25(36)31(30(19)37)46-34-45-26-13-24(33(50)44-23-6-4-22(5-7-23)35(38,39)40)27(14-28(26)47(34)2)48-16-20-11-21(20)17-48/h3,9-10,12-14,20-23,25H,4-8,11,15-17H2,1-2H3,(H,41,42)(H,43,49)(H,44,50)(H,45,46). The molecule has 4 N–H and O–H groups in total. The van der Waals surface area contributed by atoms with E-state index in [4.69, 9.17) is 28.2 Å². The Hall–Kier alpha value is -3.97. The minimum absolute atomic E-state index is 0.0105. The second-order valence-electron chi connectivity index (χ2n) is 13.7. The molecule has 3 atom stereocenters. The van der Waals surface area contributed by atoms with E-state index in [1.54, 1.807) is 31.4 Å². The van der Waals surface area contributed by atoms with Crippen LogP contribution in [-0.2, 0) is 7.05 Å². The third-order valence-electron chi connectivity index (χ3n) is 10.5. The summed E-state index contributed by atoms with van der Waals surface area (Å²) in [5, 5.41) is 12.1. The lowest BCUT2D eigenvalue weighted by Gasteiger charge is -2.31. The number of fused-ring (bicyclic) bond motifs is 2. The Morgan fingerprint density at radius 2 is 1.80 bits per heavy atom. The number of hydrogen-bond acceptors (Lipinski definition) is 7. The van der Waals surface area contributed by atoms with Gasteiger partial charge >= 0.3 is 6.18 Å². The molecule has 2 amide bonds. The fourth-order valence-electron chi connectivity index (χ4n) is 7.36. The van der Waals surface area contributed by atoms with E-state index in [-0.39, 0.29) is 50.1 Å². The molecule has 7 rings (SSSR count). The molecule has 0 bridgehead atoms. The number of pyridine rings is 1. The van der Waals surface area contributed by atoms with Crippen molar-refractivity contribution in [1.82, 2.24) is 25.2 Å². The Morgan fingerprint density at radius 1 is 1.06 bits per heavy atom. The van der Waals surface area contributed by atoms with Crippen LogP contribution < -0.4 is 26.2 Å². The fraction of sp³-hybridized carbons (Fsp3) is 0.486. The van der Waals surface area contributed by atoms with Crippen LogP contribution in [0, 0.1) is 17.8 Å². The summed E-state index contributed by atoms with van der Waals surface area (Å²) < 4.78 is 41.6. The van der Waals surface area contributed by atoms with E-state index in [1.165, 1.54) is 6.42 Å². The molecule has 1 aliphatic heterocycles. The largest absolute Gasteiger partial charge is 0.391 e. The van der Waals surface area contributed by atoms with Gasteiger partial charge in [0.15, 0.2) is 0 Å². The monoisotopic (exact) mass is 730 g/mol.